The number of hydrogen-bond acceptors (Lipinski definition) is 8. The van der Waals surface area contributed by atoms with Gasteiger partial charge in [-0.15, -0.1) is 17.9 Å². The molecule has 0 bridgehead atoms. The molecule has 43 heavy (non-hydrogen) atoms. The van der Waals surface area contributed by atoms with Crippen LogP contribution in [0.2, 0.25) is 0 Å². The number of rotatable bonds is 4. The number of hydrogen-bond donors (Lipinski definition) is 0. The number of ketones is 4. The van der Waals surface area contributed by atoms with Gasteiger partial charge in [-0.2, -0.15) is 11.3 Å². The van der Waals surface area contributed by atoms with Crippen molar-refractivity contribution in [1.82, 2.24) is 0 Å². The Labute approximate surface area is 271 Å². The van der Waals surface area contributed by atoms with Gasteiger partial charge in [-0.3, -0.25) is 19.2 Å². The lowest BCUT2D eigenvalue weighted by Gasteiger charge is -1.80. The van der Waals surface area contributed by atoms with E-state index in [0.29, 0.717) is 11.3 Å². The Kier molecular flexibility index (Phi) is 52.6. The predicted octanol–water partition coefficient (Wildman–Crippen LogP) is 12.9. The highest BCUT2D eigenvalue weighted by Crippen LogP contribution is 2.08. The van der Waals surface area contributed by atoms with Gasteiger partial charge in [0.05, 0.1) is 23.0 Å². The number of furan rings is 2. The number of allylic oxidation sites excluding steroid dienone is 1. The van der Waals surface area contributed by atoms with Gasteiger partial charge in [0.25, 0.3) is 0 Å². The zero-order chi connectivity index (χ0) is 28.6. The fourth-order valence-electron chi connectivity index (χ4n) is 1.89. The molecule has 0 atom stereocenters. The maximum atomic E-state index is 10.5. The number of Topliss-reactive ketones (excluding diaryl/α,β-unsaturated/α-hetero) is 4. The highest BCUT2D eigenvalue weighted by Gasteiger charge is 1.98. The lowest BCUT2D eigenvalue weighted by molar-refractivity contribution is 0.0983. The Hall–Kier alpha value is -3.62. The summed E-state index contributed by atoms with van der Waals surface area (Å²) in [6, 6.07) is 10.5. The molecule has 4 aromatic rings. The van der Waals surface area contributed by atoms with Crippen molar-refractivity contribution >= 4 is 45.8 Å². The minimum absolute atomic E-state index is 0. The average molecular weight is 641 g/mol. The Morgan fingerprint density at radius 1 is 0.698 bits per heavy atom. The summed E-state index contributed by atoms with van der Waals surface area (Å²) in [5, 5.41) is 5.65. The first kappa shape index (κ1) is 58.9. The van der Waals surface area contributed by atoms with Crippen LogP contribution in [0, 0.1) is 0 Å². The maximum absolute atomic E-state index is 10.5. The van der Waals surface area contributed by atoms with Gasteiger partial charge in [-0.1, -0.05) is 70.5 Å². The minimum Gasteiger partial charge on any atom is -0.472 e. The van der Waals surface area contributed by atoms with Gasteiger partial charge in [0.15, 0.2) is 28.9 Å². The average Bonchev–Trinajstić information content (AvgIpc) is 3.71. The molecule has 4 aromatic heterocycles. The molecule has 0 spiro atoms. The smallest absolute Gasteiger partial charge is 0.194 e. The van der Waals surface area contributed by atoms with Crippen LogP contribution in [0.3, 0.4) is 0 Å². The summed E-state index contributed by atoms with van der Waals surface area (Å²) >= 11 is 3.03. The van der Waals surface area contributed by atoms with E-state index < -0.39 is 0 Å². The van der Waals surface area contributed by atoms with Gasteiger partial charge >= 0.3 is 0 Å². The van der Waals surface area contributed by atoms with Crippen molar-refractivity contribution in [2.75, 3.05) is 0 Å². The molecule has 6 nitrogen and oxygen atoms in total. The van der Waals surface area contributed by atoms with Crippen LogP contribution in [0.4, 0.5) is 0 Å². The Balaban J connectivity index is -0.0000000577. The van der Waals surface area contributed by atoms with Crippen LogP contribution >= 0.6 is 22.7 Å². The van der Waals surface area contributed by atoms with E-state index in [2.05, 4.69) is 11.0 Å². The third-order valence-corrected chi connectivity index (χ3v) is 5.25. The molecule has 0 aromatic carbocycles. The molecular formula is C35H60O6S2. The van der Waals surface area contributed by atoms with E-state index >= 15 is 0 Å². The van der Waals surface area contributed by atoms with Gasteiger partial charge in [-0.05, 0) is 68.8 Å². The van der Waals surface area contributed by atoms with Gasteiger partial charge in [-0.25, -0.2) is 0 Å². The van der Waals surface area contributed by atoms with E-state index in [1.165, 1.54) is 44.0 Å². The SMILES string of the molecule is C.C.C.C.C.C.C=CC.CC.CC(=O)c1ccco1.CC(=O)c1cccs1.CC(=O)c1ccoc1.CC(=O)c1ccsc1. The van der Waals surface area contributed by atoms with Crippen molar-refractivity contribution in [3.8, 4) is 0 Å². The molecule has 4 rings (SSSR count). The lowest BCUT2D eigenvalue weighted by Crippen LogP contribution is -1.85. The van der Waals surface area contributed by atoms with Crippen molar-refractivity contribution in [3.05, 3.63) is 106 Å². The standard InChI is InChI=1S/2C6H6O2.2C6H6OS.C3H6.C2H6.6CH4/c1-5(7)6-2-3-8-4-6;1-5(7)6-3-2-4-8-6;1-5(7)6-2-3-8-4-6;1-5(7)6-3-2-4-8-6;1-3-2;1-2;;;;;;/h4*2-4H,1H3;3H,1H2,2H3;1-2H3;6*1H4. The zero-order valence-corrected chi connectivity index (χ0v) is 24.1. The normalized spacial score (nSPS) is 7.23. The molecule has 0 saturated heterocycles. The van der Waals surface area contributed by atoms with Crippen molar-refractivity contribution in [1.29, 1.82) is 0 Å². The molecular weight excluding hydrogens is 581 g/mol. The third kappa shape index (κ3) is 31.2. The molecule has 0 amide bonds. The molecule has 0 aliphatic rings. The van der Waals surface area contributed by atoms with E-state index in [-0.39, 0.29) is 67.7 Å². The van der Waals surface area contributed by atoms with Crippen LogP contribution in [0.1, 0.15) is 134 Å². The van der Waals surface area contributed by atoms with Crippen LogP contribution in [0.5, 0.6) is 0 Å². The Bertz CT molecular complexity index is 931. The van der Waals surface area contributed by atoms with Crippen LogP contribution in [-0.4, -0.2) is 23.1 Å². The highest BCUT2D eigenvalue weighted by atomic mass is 32.1. The summed E-state index contributed by atoms with van der Waals surface area (Å²) in [7, 11) is 0. The van der Waals surface area contributed by atoms with Gasteiger partial charge in [0.1, 0.15) is 6.26 Å². The molecule has 8 heteroatoms. The highest BCUT2D eigenvalue weighted by molar-refractivity contribution is 7.12. The second-order valence-corrected chi connectivity index (χ2v) is 8.34. The molecule has 0 fully saturated rings. The fraction of sp³-hybridized carbons (Fsp3) is 0.371. The second kappa shape index (κ2) is 38.4. The van der Waals surface area contributed by atoms with Gasteiger partial charge in [0.2, 0.25) is 0 Å². The van der Waals surface area contributed by atoms with E-state index in [1.54, 1.807) is 49.5 Å². The molecule has 0 saturated carbocycles. The number of thiophene rings is 2. The van der Waals surface area contributed by atoms with Crippen molar-refractivity contribution in [2.24, 2.45) is 0 Å². The van der Waals surface area contributed by atoms with Crippen LogP contribution in [0.25, 0.3) is 0 Å². The van der Waals surface area contributed by atoms with E-state index in [4.69, 9.17) is 4.42 Å². The number of carbonyl (C=O) groups excluding carboxylic acids is 4. The second-order valence-electron chi connectivity index (χ2n) is 6.61. The molecule has 0 aliphatic heterocycles. The summed E-state index contributed by atoms with van der Waals surface area (Å²) in [4.78, 5) is 42.7. The van der Waals surface area contributed by atoms with Crippen LogP contribution in [0.15, 0.2) is 92.8 Å². The first-order valence-corrected chi connectivity index (χ1v) is 13.2. The van der Waals surface area contributed by atoms with Crippen LogP contribution in [-0.2, 0) is 0 Å². The quantitative estimate of drug-likeness (QED) is 0.163. The van der Waals surface area contributed by atoms with Crippen LogP contribution < -0.4 is 0 Å². The van der Waals surface area contributed by atoms with Gasteiger partial charge < -0.3 is 8.83 Å². The molecule has 0 aliphatic carbocycles. The summed E-state index contributed by atoms with van der Waals surface area (Å²) in [5.74, 6) is 0.727. The van der Waals surface area contributed by atoms with E-state index in [9.17, 15) is 19.2 Å². The predicted molar refractivity (Wildman–Crippen MR) is 194 cm³/mol. The summed E-state index contributed by atoms with van der Waals surface area (Å²) in [6.45, 7) is 15.4. The Morgan fingerprint density at radius 3 is 1.42 bits per heavy atom. The topological polar surface area (TPSA) is 94.6 Å². The molecule has 0 radical (unpaired) electrons. The third-order valence-electron chi connectivity index (χ3n) is 3.59. The Morgan fingerprint density at radius 2 is 1.23 bits per heavy atom. The van der Waals surface area contributed by atoms with Gasteiger partial charge in [0, 0.05) is 17.9 Å². The molecule has 0 unspecified atom stereocenters. The van der Waals surface area contributed by atoms with E-state index in [1.807, 2.05) is 55.1 Å². The number of carbonyl (C=O) groups is 4. The molecule has 0 N–H and O–H groups in total. The molecule has 4 heterocycles. The largest absolute Gasteiger partial charge is 0.472 e. The summed E-state index contributed by atoms with van der Waals surface area (Å²) in [5.41, 5.74) is 1.44. The minimum atomic E-state index is -0.0324. The summed E-state index contributed by atoms with van der Waals surface area (Å²) < 4.78 is 9.40. The zero-order valence-electron chi connectivity index (χ0n) is 22.5. The fourth-order valence-corrected chi connectivity index (χ4v) is 3.21. The van der Waals surface area contributed by atoms with E-state index in [0.717, 1.165) is 10.4 Å². The first-order valence-electron chi connectivity index (χ1n) is 11.4. The maximum Gasteiger partial charge on any atom is 0.194 e. The molecule has 248 valence electrons. The first-order chi connectivity index (χ1) is 17.6. The monoisotopic (exact) mass is 640 g/mol. The summed E-state index contributed by atoms with van der Waals surface area (Å²) in [6.07, 6.45) is 6.15. The van der Waals surface area contributed by atoms with Crippen molar-refractivity contribution < 1.29 is 28.0 Å². The van der Waals surface area contributed by atoms with Crippen molar-refractivity contribution in [2.45, 2.75) is 93.0 Å². The van der Waals surface area contributed by atoms with Crippen molar-refractivity contribution in [3.63, 3.8) is 0 Å². The lowest BCUT2D eigenvalue weighted by atomic mass is 10.2.